The third-order valence-corrected chi connectivity index (χ3v) is 4.30. The number of carbonyl (C=O) groups is 2. The highest BCUT2D eigenvalue weighted by molar-refractivity contribution is 7.80. The Kier molecular flexibility index (Phi) is 6.16. The van der Waals surface area contributed by atoms with Gasteiger partial charge in [-0.15, -0.1) is 0 Å². The first kappa shape index (κ1) is 20.4. The molecule has 148 valence electrons. The summed E-state index contributed by atoms with van der Waals surface area (Å²) in [6.45, 7) is 0. The molecule has 7 nitrogen and oxygen atoms in total. The van der Waals surface area contributed by atoms with Crippen LogP contribution in [0.2, 0.25) is 5.02 Å². The van der Waals surface area contributed by atoms with Crippen molar-refractivity contribution in [3.63, 3.8) is 0 Å². The van der Waals surface area contributed by atoms with E-state index in [9.17, 15) is 9.59 Å². The van der Waals surface area contributed by atoms with Gasteiger partial charge in [-0.25, -0.2) is 4.79 Å². The number of methoxy groups -OCH3 is 1. The number of furan rings is 1. The average Bonchev–Trinajstić information content (AvgIpc) is 3.18. The van der Waals surface area contributed by atoms with Gasteiger partial charge in [0, 0.05) is 10.6 Å². The molecular formula is C20H15ClN2O5S. The molecular weight excluding hydrogens is 416 g/mol. The van der Waals surface area contributed by atoms with Crippen LogP contribution in [0.4, 0.5) is 5.69 Å². The largest absolute Gasteiger partial charge is 0.495 e. The molecule has 0 spiro atoms. The Morgan fingerprint density at radius 3 is 2.62 bits per heavy atom. The van der Waals surface area contributed by atoms with Crippen LogP contribution in [0.15, 0.2) is 59.0 Å². The fourth-order valence-electron chi connectivity index (χ4n) is 2.51. The van der Waals surface area contributed by atoms with Gasteiger partial charge in [-0.1, -0.05) is 23.7 Å². The van der Waals surface area contributed by atoms with Gasteiger partial charge in [0.05, 0.1) is 18.4 Å². The third-order valence-electron chi connectivity index (χ3n) is 3.86. The van der Waals surface area contributed by atoms with Crippen LogP contribution in [0.1, 0.15) is 20.9 Å². The Hall–Kier alpha value is -3.36. The van der Waals surface area contributed by atoms with E-state index in [1.165, 1.54) is 31.4 Å². The van der Waals surface area contributed by atoms with Gasteiger partial charge < -0.3 is 19.6 Å². The first-order chi connectivity index (χ1) is 13.9. The lowest BCUT2D eigenvalue weighted by molar-refractivity contribution is 0.0696. The second-order valence-electron chi connectivity index (χ2n) is 5.80. The normalized spacial score (nSPS) is 10.3. The number of carbonyl (C=O) groups excluding carboxylic acids is 1. The summed E-state index contributed by atoms with van der Waals surface area (Å²) in [6, 6.07) is 14.4. The van der Waals surface area contributed by atoms with Crippen molar-refractivity contribution in [2.24, 2.45) is 0 Å². The Bertz CT molecular complexity index is 1100. The summed E-state index contributed by atoms with van der Waals surface area (Å²) in [5, 5.41) is 14.9. The average molecular weight is 431 g/mol. The van der Waals surface area contributed by atoms with Crippen LogP contribution in [-0.2, 0) is 0 Å². The predicted octanol–water partition coefficient (Wildman–Crippen LogP) is 4.43. The molecule has 3 N–H and O–H groups in total. The van der Waals surface area contributed by atoms with Crippen LogP contribution >= 0.6 is 23.8 Å². The quantitative estimate of drug-likeness (QED) is 0.514. The van der Waals surface area contributed by atoms with Gasteiger partial charge in [0.25, 0.3) is 5.91 Å². The van der Waals surface area contributed by atoms with E-state index in [-0.39, 0.29) is 16.4 Å². The molecule has 9 heteroatoms. The molecule has 0 saturated heterocycles. The standard InChI is InChI=1S/C20H15ClN2O5S/c1-27-16-6-5-12(19(25)26)10-14(16)22-20(29)23-18(24)17-8-7-15(28-17)11-3-2-4-13(21)9-11/h2-10H,1H3,(H,25,26)(H2,22,23,24,29). The molecule has 1 heterocycles. The molecule has 2 aromatic carbocycles. The number of benzene rings is 2. The second-order valence-corrected chi connectivity index (χ2v) is 6.65. The maximum atomic E-state index is 12.4. The van der Waals surface area contributed by atoms with Gasteiger partial charge in [-0.2, -0.15) is 0 Å². The Morgan fingerprint density at radius 1 is 1.14 bits per heavy atom. The van der Waals surface area contributed by atoms with E-state index in [4.69, 9.17) is 38.1 Å². The minimum Gasteiger partial charge on any atom is -0.495 e. The number of halogens is 1. The number of carboxylic acid groups (broad SMARTS) is 1. The maximum Gasteiger partial charge on any atom is 0.335 e. The molecule has 0 bridgehead atoms. The summed E-state index contributed by atoms with van der Waals surface area (Å²) in [6.07, 6.45) is 0. The highest BCUT2D eigenvalue weighted by Gasteiger charge is 2.16. The molecule has 0 atom stereocenters. The Labute approximate surface area is 176 Å². The highest BCUT2D eigenvalue weighted by atomic mass is 35.5. The van der Waals surface area contributed by atoms with E-state index in [0.29, 0.717) is 22.2 Å². The zero-order valence-corrected chi connectivity index (χ0v) is 16.6. The van der Waals surface area contributed by atoms with Gasteiger partial charge >= 0.3 is 5.97 Å². The molecule has 1 aromatic heterocycles. The molecule has 29 heavy (non-hydrogen) atoms. The monoisotopic (exact) mass is 430 g/mol. The summed E-state index contributed by atoms with van der Waals surface area (Å²) in [5.74, 6) is -0.769. The smallest absolute Gasteiger partial charge is 0.335 e. The number of nitrogens with one attached hydrogen (secondary N) is 2. The van der Waals surface area contributed by atoms with E-state index >= 15 is 0 Å². The van der Waals surface area contributed by atoms with Crippen molar-refractivity contribution in [2.75, 3.05) is 12.4 Å². The number of carboxylic acids is 1. The van der Waals surface area contributed by atoms with Crippen molar-refractivity contribution in [1.82, 2.24) is 5.32 Å². The van der Waals surface area contributed by atoms with Crippen LogP contribution in [0.5, 0.6) is 5.75 Å². The summed E-state index contributed by atoms with van der Waals surface area (Å²) >= 11 is 11.1. The summed E-state index contributed by atoms with van der Waals surface area (Å²) in [5.41, 5.74) is 1.07. The highest BCUT2D eigenvalue weighted by Crippen LogP contribution is 2.26. The topological polar surface area (TPSA) is 101 Å². The lowest BCUT2D eigenvalue weighted by Crippen LogP contribution is -2.34. The lowest BCUT2D eigenvalue weighted by atomic mass is 10.2. The molecule has 0 saturated carbocycles. The van der Waals surface area contributed by atoms with Crippen molar-refractivity contribution in [3.05, 3.63) is 70.9 Å². The molecule has 3 rings (SSSR count). The molecule has 0 radical (unpaired) electrons. The first-order valence-corrected chi connectivity index (χ1v) is 9.05. The van der Waals surface area contributed by atoms with Gasteiger partial charge in [0.1, 0.15) is 11.5 Å². The maximum absolute atomic E-state index is 12.4. The zero-order valence-electron chi connectivity index (χ0n) is 15.1. The summed E-state index contributed by atoms with van der Waals surface area (Å²) < 4.78 is 10.7. The minimum atomic E-state index is -1.10. The molecule has 0 unspecified atom stereocenters. The van der Waals surface area contributed by atoms with E-state index in [0.717, 1.165) is 5.56 Å². The van der Waals surface area contributed by atoms with E-state index < -0.39 is 11.9 Å². The van der Waals surface area contributed by atoms with Crippen molar-refractivity contribution in [3.8, 4) is 17.1 Å². The minimum absolute atomic E-state index is 0.0413. The predicted molar refractivity (Wildman–Crippen MR) is 113 cm³/mol. The van der Waals surface area contributed by atoms with E-state index in [2.05, 4.69) is 10.6 Å². The number of hydrogen-bond donors (Lipinski definition) is 3. The Morgan fingerprint density at radius 2 is 1.93 bits per heavy atom. The summed E-state index contributed by atoms with van der Waals surface area (Å²) in [4.78, 5) is 23.6. The van der Waals surface area contributed by atoms with Crippen molar-refractivity contribution in [1.29, 1.82) is 0 Å². The van der Waals surface area contributed by atoms with Crippen molar-refractivity contribution in [2.45, 2.75) is 0 Å². The van der Waals surface area contributed by atoms with Gasteiger partial charge in [0.2, 0.25) is 0 Å². The van der Waals surface area contributed by atoms with Crippen LogP contribution in [0.25, 0.3) is 11.3 Å². The number of anilines is 1. The van der Waals surface area contributed by atoms with Crippen molar-refractivity contribution < 1.29 is 23.8 Å². The lowest BCUT2D eigenvalue weighted by Gasteiger charge is -2.13. The Balaban J connectivity index is 1.71. The molecule has 0 fully saturated rings. The van der Waals surface area contributed by atoms with Crippen LogP contribution < -0.4 is 15.4 Å². The SMILES string of the molecule is COc1ccc(C(=O)O)cc1NC(=S)NC(=O)c1ccc(-c2cccc(Cl)c2)o1. The number of hydrogen-bond acceptors (Lipinski definition) is 5. The van der Waals surface area contributed by atoms with Gasteiger partial charge in [-0.05, 0) is 54.7 Å². The number of ether oxygens (including phenoxy) is 1. The number of thiocarbonyl (C=S) groups is 1. The zero-order chi connectivity index (χ0) is 21.0. The van der Waals surface area contributed by atoms with E-state index in [1.807, 2.05) is 0 Å². The van der Waals surface area contributed by atoms with Gasteiger partial charge in [0.15, 0.2) is 10.9 Å². The van der Waals surface area contributed by atoms with E-state index in [1.54, 1.807) is 30.3 Å². The third kappa shape index (κ3) is 4.92. The van der Waals surface area contributed by atoms with Gasteiger partial charge in [-0.3, -0.25) is 10.1 Å². The molecule has 0 aliphatic heterocycles. The second kappa shape index (κ2) is 8.76. The molecule has 0 aliphatic carbocycles. The molecule has 1 amide bonds. The summed E-state index contributed by atoms with van der Waals surface area (Å²) in [7, 11) is 1.43. The first-order valence-electron chi connectivity index (χ1n) is 8.27. The molecule has 3 aromatic rings. The van der Waals surface area contributed by atoms with Crippen LogP contribution in [-0.4, -0.2) is 29.2 Å². The fraction of sp³-hybridized carbons (Fsp3) is 0.0500. The van der Waals surface area contributed by atoms with Crippen LogP contribution in [0, 0.1) is 0 Å². The number of amides is 1. The fourth-order valence-corrected chi connectivity index (χ4v) is 2.91. The molecule has 0 aliphatic rings. The van der Waals surface area contributed by atoms with Crippen molar-refractivity contribution >= 4 is 46.5 Å². The number of aromatic carboxylic acids is 1. The number of rotatable bonds is 5. The van der Waals surface area contributed by atoms with Crippen LogP contribution in [0.3, 0.4) is 0 Å².